The summed E-state index contributed by atoms with van der Waals surface area (Å²) in [5.41, 5.74) is 0.489. The van der Waals surface area contributed by atoms with Crippen LogP contribution in [0.1, 0.15) is 18.5 Å². The number of amides is 1. The highest BCUT2D eigenvalue weighted by Crippen LogP contribution is 2.28. The fourth-order valence-electron chi connectivity index (χ4n) is 1.34. The number of carbonyl (C=O) groups is 1. The Kier molecular flexibility index (Phi) is 4.41. The molecule has 4 nitrogen and oxygen atoms in total. The highest BCUT2D eigenvalue weighted by molar-refractivity contribution is 6.35. The summed E-state index contributed by atoms with van der Waals surface area (Å²) in [5, 5.41) is 21.1. The van der Waals surface area contributed by atoms with E-state index >= 15 is 0 Å². The van der Waals surface area contributed by atoms with E-state index < -0.39 is 18.2 Å². The van der Waals surface area contributed by atoms with Crippen LogP contribution in [0.25, 0.3) is 0 Å². The predicted octanol–water partition coefficient (Wildman–Crippen LogP) is 2.68. The monoisotopic (exact) mass is 263 g/mol. The van der Waals surface area contributed by atoms with E-state index in [1.165, 1.54) is 13.0 Å². The standard InChI is InChI=1S/C10H11Cl2NO3/c1-5(14)9(13-10(15)16)7-3-2-6(11)4-8(7)12/h2-5,9,13-14H,1H3,(H,15,16)/t5-,9+/m0/s1. The number of benzene rings is 1. The Hall–Kier alpha value is -0.970. The molecule has 0 radical (unpaired) electrons. The van der Waals surface area contributed by atoms with E-state index in [2.05, 4.69) is 5.32 Å². The summed E-state index contributed by atoms with van der Waals surface area (Å²) in [6.07, 6.45) is -2.12. The quantitative estimate of drug-likeness (QED) is 0.786. The summed E-state index contributed by atoms with van der Waals surface area (Å²) in [7, 11) is 0. The van der Waals surface area contributed by atoms with Crippen molar-refractivity contribution in [3.63, 3.8) is 0 Å². The summed E-state index contributed by atoms with van der Waals surface area (Å²) in [5.74, 6) is 0. The van der Waals surface area contributed by atoms with Crippen LogP contribution in [0, 0.1) is 0 Å². The Bertz CT molecular complexity index is 396. The number of hydrogen-bond acceptors (Lipinski definition) is 2. The van der Waals surface area contributed by atoms with Gasteiger partial charge in [-0.3, -0.25) is 0 Å². The first-order valence-corrected chi connectivity index (χ1v) is 5.30. The highest BCUT2D eigenvalue weighted by Gasteiger charge is 2.21. The zero-order valence-corrected chi connectivity index (χ0v) is 9.96. The molecule has 0 aliphatic heterocycles. The van der Waals surface area contributed by atoms with Gasteiger partial charge in [0.25, 0.3) is 0 Å². The number of halogens is 2. The van der Waals surface area contributed by atoms with Gasteiger partial charge in [0.15, 0.2) is 0 Å². The first-order chi connectivity index (χ1) is 7.41. The summed E-state index contributed by atoms with van der Waals surface area (Å²) >= 11 is 11.6. The summed E-state index contributed by atoms with van der Waals surface area (Å²) in [6, 6.07) is 3.89. The maximum atomic E-state index is 10.6. The molecule has 1 aromatic rings. The predicted molar refractivity (Wildman–Crippen MR) is 62.0 cm³/mol. The van der Waals surface area contributed by atoms with Crippen LogP contribution in [0.15, 0.2) is 18.2 Å². The van der Waals surface area contributed by atoms with Gasteiger partial charge in [-0.05, 0) is 24.6 Å². The first kappa shape index (κ1) is 13.1. The molecule has 1 amide bonds. The minimum atomic E-state index is -1.23. The summed E-state index contributed by atoms with van der Waals surface area (Å²) < 4.78 is 0. The fraction of sp³-hybridized carbons (Fsp3) is 0.300. The van der Waals surface area contributed by atoms with Gasteiger partial charge in [0, 0.05) is 10.0 Å². The lowest BCUT2D eigenvalue weighted by Gasteiger charge is -2.21. The lowest BCUT2D eigenvalue weighted by atomic mass is 10.0. The van der Waals surface area contributed by atoms with E-state index in [0.717, 1.165) is 0 Å². The van der Waals surface area contributed by atoms with Crippen molar-refractivity contribution in [1.29, 1.82) is 0 Å². The highest BCUT2D eigenvalue weighted by atomic mass is 35.5. The molecule has 0 aliphatic carbocycles. The summed E-state index contributed by atoms with van der Waals surface area (Å²) in [6.45, 7) is 1.48. The number of carboxylic acid groups (broad SMARTS) is 1. The van der Waals surface area contributed by atoms with Crippen LogP contribution < -0.4 is 5.32 Å². The number of rotatable bonds is 3. The van der Waals surface area contributed by atoms with E-state index in [9.17, 15) is 9.90 Å². The molecule has 2 atom stereocenters. The number of aliphatic hydroxyl groups excluding tert-OH is 1. The Balaban J connectivity index is 3.05. The molecule has 0 saturated heterocycles. The molecule has 0 aliphatic rings. The van der Waals surface area contributed by atoms with Crippen molar-refractivity contribution in [2.24, 2.45) is 0 Å². The molecule has 1 aromatic carbocycles. The maximum Gasteiger partial charge on any atom is 0.405 e. The second-order valence-corrected chi connectivity index (χ2v) is 4.18. The van der Waals surface area contributed by atoms with Gasteiger partial charge in [-0.25, -0.2) is 4.79 Å². The van der Waals surface area contributed by atoms with Crippen LogP contribution in [0.5, 0.6) is 0 Å². The van der Waals surface area contributed by atoms with Crippen molar-refractivity contribution >= 4 is 29.3 Å². The Morgan fingerprint density at radius 2 is 2.06 bits per heavy atom. The minimum Gasteiger partial charge on any atom is -0.465 e. The third-order valence-corrected chi connectivity index (χ3v) is 2.62. The number of aliphatic hydroxyl groups is 1. The molecule has 0 aromatic heterocycles. The lowest BCUT2D eigenvalue weighted by Crippen LogP contribution is -2.34. The van der Waals surface area contributed by atoms with Crippen molar-refractivity contribution in [2.75, 3.05) is 0 Å². The molecular formula is C10H11Cl2NO3. The molecule has 0 unspecified atom stereocenters. The van der Waals surface area contributed by atoms with Crippen LogP contribution in [0.3, 0.4) is 0 Å². The van der Waals surface area contributed by atoms with Crippen LogP contribution in [0.4, 0.5) is 4.79 Å². The SMILES string of the molecule is C[C@H](O)[C@@H](NC(=O)O)c1ccc(Cl)cc1Cl. The average molecular weight is 264 g/mol. The van der Waals surface area contributed by atoms with Crippen molar-refractivity contribution in [3.8, 4) is 0 Å². The van der Waals surface area contributed by atoms with E-state index in [1.807, 2.05) is 0 Å². The van der Waals surface area contributed by atoms with Gasteiger partial charge >= 0.3 is 6.09 Å². The van der Waals surface area contributed by atoms with Crippen LogP contribution >= 0.6 is 23.2 Å². The van der Waals surface area contributed by atoms with Gasteiger partial charge in [-0.2, -0.15) is 0 Å². The Labute approximate surface area is 103 Å². The second-order valence-electron chi connectivity index (χ2n) is 3.33. The van der Waals surface area contributed by atoms with Gasteiger partial charge in [0.1, 0.15) is 0 Å². The topological polar surface area (TPSA) is 69.6 Å². The normalized spacial score (nSPS) is 14.2. The van der Waals surface area contributed by atoms with Gasteiger partial charge < -0.3 is 15.5 Å². The van der Waals surface area contributed by atoms with E-state index in [4.69, 9.17) is 28.3 Å². The Morgan fingerprint density at radius 3 is 2.50 bits per heavy atom. The lowest BCUT2D eigenvalue weighted by molar-refractivity contribution is 0.133. The van der Waals surface area contributed by atoms with Crippen LogP contribution in [-0.2, 0) is 0 Å². The second kappa shape index (κ2) is 5.39. The molecule has 0 saturated carbocycles. The molecule has 0 fully saturated rings. The Morgan fingerprint density at radius 1 is 1.44 bits per heavy atom. The van der Waals surface area contributed by atoms with Crippen molar-refractivity contribution < 1.29 is 15.0 Å². The van der Waals surface area contributed by atoms with Gasteiger partial charge in [-0.1, -0.05) is 29.3 Å². The average Bonchev–Trinajstić information content (AvgIpc) is 2.14. The van der Waals surface area contributed by atoms with E-state index in [0.29, 0.717) is 15.6 Å². The molecule has 88 valence electrons. The van der Waals surface area contributed by atoms with Crippen molar-refractivity contribution in [2.45, 2.75) is 19.1 Å². The molecule has 6 heteroatoms. The smallest absolute Gasteiger partial charge is 0.405 e. The fourth-order valence-corrected chi connectivity index (χ4v) is 1.87. The van der Waals surface area contributed by atoms with Gasteiger partial charge in [-0.15, -0.1) is 0 Å². The zero-order chi connectivity index (χ0) is 12.3. The zero-order valence-electron chi connectivity index (χ0n) is 8.45. The molecule has 0 spiro atoms. The minimum absolute atomic E-state index is 0.312. The molecule has 0 heterocycles. The summed E-state index contributed by atoms with van der Waals surface area (Å²) in [4.78, 5) is 10.6. The number of nitrogens with one attached hydrogen (secondary N) is 1. The largest absolute Gasteiger partial charge is 0.465 e. The van der Waals surface area contributed by atoms with Gasteiger partial charge in [0.2, 0.25) is 0 Å². The molecule has 0 bridgehead atoms. The van der Waals surface area contributed by atoms with Crippen LogP contribution in [-0.4, -0.2) is 22.4 Å². The molecule has 16 heavy (non-hydrogen) atoms. The van der Waals surface area contributed by atoms with E-state index in [1.54, 1.807) is 12.1 Å². The van der Waals surface area contributed by atoms with Crippen molar-refractivity contribution in [1.82, 2.24) is 5.32 Å². The molecular weight excluding hydrogens is 253 g/mol. The van der Waals surface area contributed by atoms with Crippen LogP contribution in [0.2, 0.25) is 10.0 Å². The maximum absolute atomic E-state index is 10.6. The third kappa shape index (κ3) is 3.27. The molecule has 1 rings (SSSR count). The third-order valence-electron chi connectivity index (χ3n) is 2.06. The molecule has 3 N–H and O–H groups in total. The van der Waals surface area contributed by atoms with E-state index in [-0.39, 0.29) is 0 Å². The first-order valence-electron chi connectivity index (χ1n) is 4.54. The van der Waals surface area contributed by atoms with Gasteiger partial charge in [0.05, 0.1) is 12.1 Å². The van der Waals surface area contributed by atoms with Crippen molar-refractivity contribution in [3.05, 3.63) is 33.8 Å². The number of hydrogen-bond donors (Lipinski definition) is 3.